The molecule has 3 rings (SSSR count). The van der Waals surface area contributed by atoms with Crippen LogP contribution in [0.5, 0.6) is 0 Å². The molecule has 0 radical (unpaired) electrons. The van der Waals surface area contributed by atoms with Gasteiger partial charge in [-0.25, -0.2) is 0 Å². The van der Waals surface area contributed by atoms with Crippen LogP contribution in [0.25, 0.3) is 11.3 Å². The van der Waals surface area contributed by atoms with Crippen LogP contribution in [0.15, 0.2) is 34.9 Å². The van der Waals surface area contributed by atoms with Gasteiger partial charge < -0.3 is 14.7 Å². The predicted octanol–water partition coefficient (Wildman–Crippen LogP) is 2.28. The van der Waals surface area contributed by atoms with E-state index >= 15 is 0 Å². The van der Waals surface area contributed by atoms with E-state index in [0.717, 1.165) is 5.56 Å². The van der Waals surface area contributed by atoms with E-state index in [1.807, 2.05) is 30.9 Å². The number of carbonyl (C=O) groups excluding carboxylic acids is 2. The van der Waals surface area contributed by atoms with Crippen LogP contribution in [0.1, 0.15) is 24.3 Å². The molecule has 1 fully saturated rings. The third-order valence-corrected chi connectivity index (χ3v) is 4.55. The van der Waals surface area contributed by atoms with E-state index in [1.165, 1.54) is 0 Å². The van der Waals surface area contributed by atoms with Crippen molar-refractivity contribution in [3.05, 3.63) is 41.0 Å². The third-order valence-electron chi connectivity index (χ3n) is 4.31. The first-order chi connectivity index (χ1) is 12.9. The van der Waals surface area contributed by atoms with Gasteiger partial charge in [-0.15, -0.1) is 0 Å². The maximum Gasteiger partial charge on any atom is 0.276 e. The van der Waals surface area contributed by atoms with Crippen molar-refractivity contribution in [3.8, 4) is 11.3 Å². The highest BCUT2D eigenvalue weighted by Crippen LogP contribution is 2.24. The second kappa shape index (κ2) is 8.54. The maximum absolute atomic E-state index is 12.7. The Balaban J connectivity index is 1.56. The van der Waals surface area contributed by atoms with Crippen molar-refractivity contribution in [2.75, 3.05) is 32.7 Å². The highest BCUT2D eigenvalue weighted by Gasteiger charge is 2.25. The van der Waals surface area contributed by atoms with Gasteiger partial charge in [-0.1, -0.05) is 28.9 Å². The molecule has 0 atom stereocenters. The molecule has 1 aliphatic rings. The Morgan fingerprint density at radius 1 is 1.22 bits per heavy atom. The summed E-state index contributed by atoms with van der Waals surface area (Å²) in [6, 6.07) is 8.96. The summed E-state index contributed by atoms with van der Waals surface area (Å²) in [6.07, 6.45) is 0. The van der Waals surface area contributed by atoms with E-state index < -0.39 is 0 Å². The summed E-state index contributed by atoms with van der Waals surface area (Å²) < 4.78 is 5.31. The first-order valence-electron chi connectivity index (χ1n) is 8.96. The molecule has 0 aliphatic carbocycles. The molecule has 1 N–H and O–H groups in total. The fourth-order valence-corrected chi connectivity index (χ4v) is 3.19. The van der Waals surface area contributed by atoms with Crippen molar-refractivity contribution in [3.63, 3.8) is 0 Å². The molecule has 1 aromatic heterocycles. The molecule has 0 saturated carbocycles. The molecule has 1 saturated heterocycles. The molecule has 27 heavy (non-hydrogen) atoms. The lowest BCUT2D eigenvalue weighted by molar-refractivity contribution is -0.123. The zero-order chi connectivity index (χ0) is 19.4. The number of benzene rings is 1. The highest BCUT2D eigenvalue weighted by atomic mass is 35.5. The molecule has 1 aliphatic heterocycles. The van der Waals surface area contributed by atoms with Crippen molar-refractivity contribution < 1.29 is 14.1 Å². The number of nitrogens with one attached hydrogen (secondary N) is 1. The van der Waals surface area contributed by atoms with Gasteiger partial charge in [-0.05, 0) is 26.0 Å². The Hall–Kier alpha value is -2.38. The average molecular weight is 391 g/mol. The van der Waals surface area contributed by atoms with Crippen LogP contribution in [0.2, 0.25) is 5.02 Å². The number of rotatable bonds is 5. The number of hydrogen-bond acceptors (Lipinski definition) is 5. The van der Waals surface area contributed by atoms with Gasteiger partial charge in [0.05, 0.1) is 6.54 Å². The first kappa shape index (κ1) is 19.4. The number of piperazine rings is 1. The summed E-state index contributed by atoms with van der Waals surface area (Å²) in [6.45, 7) is 6.62. The quantitative estimate of drug-likeness (QED) is 0.847. The van der Waals surface area contributed by atoms with E-state index in [9.17, 15) is 9.59 Å². The van der Waals surface area contributed by atoms with Gasteiger partial charge in [-0.3, -0.25) is 14.5 Å². The average Bonchev–Trinajstić information content (AvgIpc) is 3.11. The SMILES string of the molecule is CC(C)NC(=O)CN1CCN(C(=O)c2cc(-c3cccc(Cl)c3)on2)CC1. The Morgan fingerprint density at radius 2 is 1.96 bits per heavy atom. The third kappa shape index (κ3) is 5.08. The Morgan fingerprint density at radius 3 is 2.63 bits per heavy atom. The number of nitrogens with zero attached hydrogens (tertiary/aromatic N) is 3. The second-order valence-electron chi connectivity index (χ2n) is 6.88. The summed E-state index contributed by atoms with van der Waals surface area (Å²) >= 11 is 5.99. The van der Waals surface area contributed by atoms with E-state index in [1.54, 1.807) is 23.1 Å². The van der Waals surface area contributed by atoms with Crippen molar-refractivity contribution in [1.29, 1.82) is 0 Å². The van der Waals surface area contributed by atoms with Crippen LogP contribution in [-0.4, -0.2) is 65.5 Å². The molecule has 8 heteroatoms. The minimum atomic E-state index is -0.168. The number of carbonyl (C=O) groups is 2. The molecular formula is C19H23ClN4O3. The molecule has 2 heterocycles. The Kier molecular flexibility index (Phi) is 6.13. The van der Waals surface area contributed by atoms with Crippen molar-refractivity contribution >= 4 is 23.4 Å². The molecule has 1 aromatic carbocycles. The van der Waals surface area contributed by atoms with Crippen LogP contribution in [0.4, 0.5) is 0 Å². The van der Waals surface area contributed by atoms with Gasteiger partial charge >= 0.3 is 0 Å². The lowest BCUT2D eigenvalue weighted by Gasteiger charge is -2.34. The molecule has 144 valence electrons. The molecule has 0 bridgehead atoms. The summed E-state index contributed by atoms with van der Waals surface area (Å²) in [5.74, 6) is 0.343. The molecule has 0 unspecified atom stereocenters. The summed E-state index contributed by atoms with van der Waals surface area (Å²) in [5, 5.41) is 7.38. The molecular weight excluding hydrogens is 368 g/mol. The van der Waals surface area contributed by atoms with Crippen molar-refractivity contribution in [2.24, 2.45) is 0 Å². The summed E-state index contributed by atoms with van der Waals surface area (Å²) in [4.78, 5) is 28.3. The van der Waals surface area contributed by atoms with E-state index in [4.69, 9.17) is 16.1 Å². The Bertz CT molecular complexity index is 813. The minimum absolute atomic E-state index is 0.00689. The maximum atomic E-state index is 12.7. The van der Waals surface area contributed by atoms with E-state index in [0.29, 0.717) is 43.5 Å². The standard InChI is InChI=1S/C19H23ClN4O3/c1-13(2)21-18(25)12-23-6-8-24(9-7-23)19(26)16-11-17(27-22-16)14-4-3-5-15(20)10-14/h3-5,10-11,13H,6-9,12H2,1-2H3,(H,21,25). The van der Waals surface area contributed by atoms with Gasteiger partial charge in [0.2, 0.25) is 5.91 Å². The van der Waals surface area contributed by atoms with Crippen molar-refractivity contribution in [2.45, 2.75) is 19.9 Å². The topological polar surface area (TPSA) is 78.7 Å². The van der Waals surface area contributed by atoms with Crippen LogP contribution >= 0.6 is 11.6 Å². The Labute approximate surface area is 163 Å². The van der Waals surface area contributed by atoms with E-state index in [-0.39, 0.29) is 23.6 Å². The fraction of sp³-hybridized carbons (Fsp3) is 0.421. The number of halogens is 1. The fourth-order valence-electron chi connectivity index (χ4n) is 3.00. The van der Waals surface area contributed by atoms with E-state index in [2.05, 4.69) is 10.5 Å². The monoisotopic (exact) mass is 390 g/mol. The lowest BCUT2D eigenvalue weighted by Crippen LogP contribution is -2.51. The van der Waals surface area contributed by atoms with Crippen molar-refractivity contribution in [1.82, 2.24) is 20.3 Å². The number of amides is 2. The minimum Gasteiger partial charge on any atom is -0.355 e. The van der Waals surface area contributed by atoms with Crippen LogP contribution < -0.4 is 5.32 Å². The summed E-state index contributed by atoms with van der Waals surface area (Å²) in [5.41, 5.74) is 1.05. The zero-order valence-electron chi connectivity index (χ0n) is 15.4. The van der Waals surface area contributed by atoms with Gasteiger partial charge in [0, 0.05) is 48.9 Å². The summed E-state index contributed by atoms with van der Waals surface area (Å²) in [7, 11) is 0. The van der Waals surface area contributed by atoms with Crippen LogP contribution in [0, 0.1) is 0 Å². The van der Waals surface area contributed by atoms with Gasteiger partial charge in [0.15, 0.2) is 11.5 Å². The highest BCUT2D eigenvalue weighted by molar-refractivity contribution is 6.30. The van der Waals surface area contributed by atoms with Gasteiger partial charge in [0.1, 0.15) is 0 Å². The molecule has 2 amide bonds. The number of hydrogen-bond donors (Lipinski definition) is 1. The number of aromatic nitrogens is 1. The lowest BCUT2D eigenvalue weighted by atomic mass is 10.1. The molecule has 7 nitrogen and oxygen atoms in total. The second-order valence-corrected chi connectivity index (χ2v) is 7.31. The van der Waals surface area contributed by atoms with Crippen LogP contribution in [0.3, 0.4) is 0 Å². The smallest absolute Gasteiger partial charge is 0.276 e. The van der Waals surface area contributed by atoms with Gasteiger partial charge in [-0.2, -0.15) is 0 Å². The molecule has 2 aromatic rings. The largest absolute Gasteiger partial charge is 0.355 e. The van der Waals surface area contributed by atoms with Crippen LogP contribution in [-0.2, 0) is 4.79 Å². The van der Waals surface area contributed by atoms with Gasteiger partial charge in [0.25, 0.3) is 5.91 Å². The predicted molar refractivity (Wildman–Crippen MR) is 103 cm³/mol. The normalized spacial score (nSPS) is 15.2. The zero-order valence-corrected chi connectivity index (χ0v) is 16.2. The first-order valence-corrected chi connectivity index (χ1v) is 9.34. The molecule has 0 spiro atoms.